The van der Waals surface area contributed by atoms with E-state index in [4.69, 9.17) is 0 Å². The molecule has 0 bridgehead atoms. The Hall–Kier alpha value is 0.714. The third-order valence-electron chi connectivity index (χ3n) is 1.73. The van der Waals surface area contributed by atoms with Crippen LogP contribution in [0.3, 0.4) is 0 Å². The molecule has 0 fully saturated rings. The fourth-order valence-electron chi connectivity index (χ4n) is 0.866. The Morgan fingerprint density at radius 1 is 0.857 bits per heavy atom. The van der Waals surface area contributed by atoms with Gasteiger partial charge in [-0.05, 0) is 0 Å². The maximum absolute atomic E-state index is 2.34. The van der Waals surface area contributed by atoms with Crippen LogP contribution in [0.5, 0.6) is 0 Å². The van der Waals surface area contributed by atoms with Gasteiger partial charge in [0, 0.05) is 0 Å². The summed E-state index contributed by atoms with van der Waals surface area (Å²) in [5.41, 5.74) is 0. The van der Waals surface area contributed by atoms with Crippen molar-refractivity contribution in [3.63, 3.8) is 0 Å². The molecule has 0 aliphatic rings. The van der Waals surface area contributed by atoms with E-state index in [9.17, 15) is 0 Å². The molecule has 0 spiro atoms. The Morgan fingerprint density at radius 3 is 1.14 bits per heavy atom. The van der Waals surface area contributed by atoms with Gasteiger partial charge in [-0.15, -0.1) is 0 Å². The van der Waals surface area contributed by atoms with Gasteiger partial charge in [-0.25, -0.2) is 0 Å². The molecule has 0 heterocycles. The minimum absolute atomic E-state index is 0.576. The molecule has 0 atom stereocenters. The van der Waals surface area contributed by atoms with E-state index < -0.39 is 17.9 Å². The zero-order valence-corrected chi connectivity index (χ0v) is 7.50. The van der Waals surface area contributed by atoms with Gasteiger partial charge in [0.1, 0.15) is 0 Å². The van der Waals surface area contributed by atoms with Gasteiger partial charge in [0.15, 0.2) is 0 Å². The van der Waals surface area contributed by atoms with Crippen LogP contribution in [0.4, 0.5) is 0 Å². The van der Waals surface area contributed by atoms with Gasteiger partial charge < -0.3 is 0 Å². The first-order chi connectivity index (χ1) is 3.35. The Balaban J connectivity index is 2.99. The van der Waals surface area contributed by atoms with E-state index in [1.165, 1.54) is 0 Å². The fourth-order valence-corrected chi connectivity index (χ4v) is 3.57. The summed E-state index contributed by atoms with van der Waals surface area (Å²) in [5.74, 6) is 0. The predicted molar refractivity (Wildman–Crippen MR) is 32.8 cm³/mol. The fraction of sp³-hybridized carbons (Fsp3) is 1.00. The third kappa shape index (κ3) is 3.31. The Bertz CT molecular complexity index is 25.7. The Morgan fingerprint density at radius 2 is 1.14 bits per heavy atom. The summed E-state index contributed by atoms with van der Waals surface area (Å²) in [6.45, 7) is 7.03. The van der Waals surface area contributed by atoms with E-state index in [1.54, 1.807) is 14.2 Å². The van der Waals surface area contributed by atoms with Gasteiger partial charge in [0.05, 0.1) is 0 Å². The quantitative estimate of drug-likeness (QED) is 0.523. The van der Waals surface area contributed by atoms with Crippen LogP contribution in [0.15, 0.2) is 0 Å². The van der Waals surface area contributed by atoms with Gasteiger partial charge in [0.25, 0.3) is 0 Å². The molecule has 0 amide bonds. The normalized spacial score (nSPS) is 10.3. The van der Waals surface area contributed by atoms with Gasteiger partial charge >= 0.3 is 52.8 Å². The monoisotopic (exact) mass is 136 g/mol. The SMILES string of the molecule is C[CH2][TiH]([CH2]C)[CH2]C. The second kappa shape index (κ2) is 4.86. The van der Waals surface area contributed by atoms with Crippen LogP contribution < -0.4 is 0 Å². The summed E-state index contributed by atoms with van der Waals surface area (Å²) in [6, 6.07) is 0. The minimum atomic E-state index is -0.576. The molecular formula is C6H16Ti. The molecule has 0 unspecified atom stereocenters. The molecule has 0 radical (unpaired) electrons. The second-order valence-electron chi connectivity index (χ2n) is 2.09. The van der Waals surface area contributed by atoms with E-state index in [0.717, 1.165) is 0 Å². The van der Waals surface area contributed by atoms with Crippen LogP contribution in [-0.2, 0) is 17.9 Å². The molecule has 0 nitrogen and oxygen atoms in total. The second-order valence-corrected chi connectivity index (χ2v) is 8.62. The van der Waals surface area contributed by atoms with Crippen molar-refractivity contribution < 1.29 is 17.9 Å². The van der Waals surface area contributed by atoms with Crippen molar-refractivity contribution in [1.29, 1.82) is 0 Å². The maximum atomic E-state index is 2.34. The van der Waals surface area contributed by atoms with Crippen molar-refractivity contribution >= 4 is 0 Å². The number of rotatable bonds is 3. The van der Waals surface area contributed by atoms with E-state index in [-0.39, 0.29) is 0 Å². The Kier molecular flexibility index (Phi) is 5.36. The molecule has 0 saturated heterocycles. The molecular weight excluding hydrogens is 120 g/mol. The van der Waals surface area contributed by atoms with Crippen LogP contribution in [0.1, 0.15) is 20.8 Å². The summed E-state index contributed by atoms with van der Waals surface area (Å²) < 4.78 is 4.62. The van der Waals surface area contributed by atoms with Gasteiger partial charge in [0.2, 0.25) is 0 Å². The van der Waals surface area contributed by atoms with Gasteiger partial charge in [-0.1, -0.05) is 0 Å². The molecule has 7 heavy (non-hydrogen) atoms. The number of hydrogen-bond acceptors (Lipinski definition) is 0. The standard InChI is InChI=1S/3C2H5.Ti.H/c3*1-2;;/h3*1H2,2H3;;. The van der Waals surface area contributed by atoms with E-state index in [2.05, 4.69) is 20.8 Å². The molecule has 44 valence electrons. The topological polar surface area (TPSA) is 0 Å². The molecule has 0 saturated carbocycles. The number of hydrogen-bond donors (Lipinski definition) is 0. The van der Waals surface area contributed by atoms with Gasteiger partial charge in [-0.2, -0.15) is 0 Å². The van der Waals surface area contributed by atoms with Crippen molar-refractivity contribution in [3.8, 4) is 0 Å². The average molecular weight is 136 g/mol. The average Bonchev–Trinajstić information content (AvgIpc) is 1.72. The summed E-state index contributed by atoms with van der Waals surface area (Å²) in [7, 11) is 0. The first-order valence-corrected chi connectivity index (χ1v) is 7.17. The molecule has 0 aromatic carbocycles. The molecule has 0 N–H and O–H groups in total. The molecule has 1 heteroatoms. The van der Waals surface area contributed by atoms with Crippen molar-refractivity contribution in [2.75, 3.05) is 0 Å². The zero-order valence-electron chi connectivity index (χ0n) is 5.70. The van der Waals surface area contributed by atoms with Crippen molar-refractivity contribution in [1.82, 2.24) is 0 Å². The van der Waals surface area contributed by atoms with Crippen LogP contribution in [0, 0.1) is 0 Å². The van der Waals surface area contributed by atoms with E-state index in [1.807, 2.05) is 0 Å². The summed E-state index contributed by atoms with van der Waals surface area (Å²) in [6.07, 6.45) is 0. The van der Waals surface area contributed by atoms with Crippen LogP contribution in [0.2, 0.25) is 14.2 Å². The molecule has 0 aliphatic heterocycles. The van der Waals surface area contributed by atoms with Crippen molar-refractivity contribution in [3.05, 3.63) is 0 Å². The van der Waals surface area contributed by atoms with E-state index >= 15 is 0 Å². The van der Waals surface area contributed by atoms with E-state index in [0.29, 0.717) is 0 Å². The zero-order chi connectivity index (χ0) is 5.70. The Labute approximate surface area is 53.1 Å². The molecule has 0 aromatic rings. The van der Waals surface area contributed by atoms with Gasteiger partial charge in [-0.3, -0.25) is 0 Å². The first-order valence-electron chi connectivity index (χ1n) is 3.35. The summed E-state index contributed by atoms with van der Waals surface area (Å²) >= 11 is -0.576. The van der Waals surface area contributed by atoms with Crippen molar-refractivity contribution in [2.24, 2.45) is 0 Å². The van der Waals surface area contributed by atoms with Crippen molar-refractivity contribution in [2.45, 2.75) is 34.9 Å². The summed E-state index contributed by atoms with van der Waals surface area (Å²) in [5, 5.41) is 0. The van der Waals surface area contributed by atoms with Crippen LogP contribution in [-0.4, -0.2) is 0 Å². The summed E-state index contributed by atoms with van der Waals surface area (Å²) in [4.78, 5) is 0. The van der Waals surface area contributed by atoms with Crippen LogP contribution >= 0.6 is 0 Å². The molecule has 0 aliphatic carbocycles. The molecule has 0 rings (SSSR count). The predicted octanol–water partition coefficient (Wildman–Crippen LogP) is 2.65. The first kappa shape index (κ1) is 7.71. The third-order valence-corrected chi connectivity index (χ3v) is 7.14. The van der Waals surface area contributed by atoms with Crippen LogP contribution in [0.25, 0.3) is 0 Å². The molecule has 0 aromatic heterocycles.